The van der Waals surface area contributed by atoms with E-state index in [1.165, 1.54) is 0 Å². The van der Waals surface area contributed by atoms with Gasteiger partial charge in [0.05, 0.1) is 13.2 Å². The number of guanidine groups is 1. The van der Waals surface area contributed by atoms with Crippen molar-refractivity contribution in [3.63, 3.8) is 0 Å². The van der Waals surface area contributed by atoms with Crippen molar-refractivity contribution in [2.24, 2.45) is 16.6 Å². The molecule has 21 heavy (non-hydrogen) atoms. The fraction of sp³-hybridized carbons (Fsp3) is 0.571. The van der Waals surface area contributed by atoms with Crippen molar-refractivity contribution in [3.05, 3.63) is 22.8 Å². The second kappa shape index (κ2) is 10.9. The first kappa shape index (κ1) is 20.2. The standard InChI is InChI=1S/C14H23ClN4O.HI/c1-4-5-17-14(16)19-8-11-6-12(15)13(18-7-11)20-9-10(2)3;/h6-7,10H,4-5,8-9H2,1-3H3,(H3,16,17,19);1H. The number of ether oxygens (including phenoxy) is 1. The fourth-order valence-corrected chi connectivity index (χ4v) is 1.63. The highest BCUT2D eigenvalue weighted by molar-refractivity contribution is 14.0. The molecule has 1 heterocycles. The van der Waals surface area contributed by atoms with Crippen molar-refractivity contribution in [3.8, 4) is 5.88 Å². The van der Waals surface area contributed by atoms with Crippen molar-refractivity contribution in [2.45, 2.75) is 33.7 Å². The molecule has 7 heteroatoms. The third-order valence-corrected chi connectivity index (χ3v) is 2.68. The summed E-state index contributed by atoms with van der Waals surface area (Å²) in [6.07, 6.45) is 2.71. The Kier molecular flexibility index (Phi) is 10.5. The average Bonchev–Trinajstić information content (AvgIpc) is 2.41. The summed E-state index contributed by atoms with van der Waals surface area (Å²) in [7, 11) is 0. The number of nitrogens with one attached hydrogen (secondary N) is 1. The lowest BCUT2D eigenvalue weighted by atomic mass is 10.2. The maximum absolute atomic E-state index is 6.13. The van der Waals surface area contributed by atoms with Crippen LogP contribution in [0.4, 0.5) is 0 Å². The lowest BCUT2D eigenvalue weighted by molar-refractivity contribution is 0.261. The molecular weight excluding hydrogens is 403 g/mol. The molecule has 0 amide bonds. The first-order chi connectivity index (χ1) is 9.52. The summed E-state index contributed by atoms with van der Waals surface area (Å²) < 4.78 is 5.52. The van der Waals surface area contributed by atoms with Gasteiger partial charge >= 0.3 is 0 Å². The van der Waals surface area contributed by atoms with Crippen LogP contribution in [-0.2, 0) is 6.54 Å². The number of hydrogen-bond donors (Lipinski definition) is 2. The molecular formula is C14H24ClIN4O. The van der Waals surface area contributed by atoms with Crippen LogP contribution in [0.5, 0.6) is 5.88 Å². The monoisotopic (exact) mass is 426 g/mol. The molecule has 0 aromatic carbocycles. The minimum atomic E-state index is 0. The van der Waals surface area contributed by atoms with E-state index in [2.05, 4.69) is 36.1 Å². The van der Waals surface area contributed by atoms with Gasteiger partial charge in [0.25, 0.3) is 0 Å². The Bertz CT molecular complexity index is 455. The Labute approximate surface area is 148 Å². The zero-order valence-electron chi connectivity index (χ0n) is 12.7. The molecule has 0 aliphatic carbocycles. The van der Waals surface area contributed by atoms with E-state index in [0.29, 0.717) is 35.9 Å². The molecule has 0 saturated carbocycles. The maximum Gasteiger partial charge on any atom is 0.232 e. The van der Waals surface area contributed by atoms with Gasteiger partial charge < -0.3 is 15.8 Å². The van der Waals surface area contributed by atoms with E-state index < -0.39 is 0 Å². The van der Waals surface area contributed by atoms with Crippen LogP contribution in [-0.4, -0.2) is 24.1 Å². The number of rotatable bonds is 7. The molecule has 0 aliphatic heterocycles. The molecule has 0 aliphatic rings. The first-order valence-electron chi connectivity index (χ1n) is 6.84. The Balaban J connectivity index is 0.00000400. The number of nitrogens with zero attached hydrogens (tertiary/aromatic N) is 2. The van der Waals surface area contributed by atoms with Crippen LogP contribution in [0.25, 0.3) is 0 Å². The summed E-state index contributed by atoms with van der Waals surface area (Å²) in [5, 5.41) is 3.51. The topological polar surface area (TPSA) is 72.5 Å². The molecule has 5 nitrogen and oxygen atoms in total. The lowest BCUT2D eigenvalue weighted by Gasteiger charge is -2.09. The molecule has 1 aromatic rings. The second-order valence-electron chi connectivity index (χ2n) is 4.96. The summed E-state index contributed by atoms with van der Waals surface area (Å²) in [5.74, 6) is 1.33. The van der Waals surface area contributed by atoms with Gasteiger partial charge in [-0.05, 0) is 24.0 Å². The Morgan fingerprint density at radius 3 is 2.81 bits per heavy atom. The van der Waals surface area contributed by atoms with E-state index in [1.807, 2.05) is 0 Å². The summed E-state index contributed by atoms with van der Waals surface area (Å²) in [6.45, 7) is 8.07. The summed E-state index contributed by atoms with van der Waals surface area (Å²) in [4.78, 5) is 8.43. The third kappa shape index (κ3) is 8.31. The molecule has 1 rings (SSSR count). The lowest BCUT2D eigenvalue weighted by Crippen LogP contribution is -2.32. The van der Waals surface area contributed by atoms with E-state index in [4.69, 9.17) is 22.1 Å². The average molecular weight is 427 g/mol. The van der Waals surface area contributed by atoms with E-state index in [1.54, 1.807) is 12.3 Å². The largest absolute Gasteiger partial charge is 0.476 e. The molecule has 0 fully saturated rings. The number of hydrogen-bond acceptors (Lipinski definition) is 3. The second-order valence-corrected chi connectivity index (χ2v) is 5.37. The van der Waals surface area contributed by atoms with Crippen molar-refractivity contribution < 1.29 is 4.74 Å². The van der Waals surface area contributed by atoms with Crippen molar-refractivity contribution in [1.29, 1.82) is 0 Å². The predicted molar refractivity (Wildman–Crippen MR) is 98.6 cm³/mol. The van der Waals surface area contributed by atoms with Crippen LogP contribution >= 0.6 is 35.6 Å². The smallest absolute Gasteiger partial charge is 0.232 e. The Morgan fingerprint density at radius 1 is 1.52 bits per heavy atom. The van der Waals surface area contributed by atoms with Gasteiger partial charge in [-0.25, -0.2) is 9.98 Å². The SMILES string of the molecule is CCCNC(N)=NCc1cnc(OCC(C)C)c(Cl)c1.I. The highest BCUT2D eigenvalue weighted by Crippen LogP contribution is 2.23. The van der Waals surface area contributed by atoms with Crippen LogP contribution in [0.2, 0.25) is 5.02 Å². The van der Waals surface area contributed by atoms with Crippen molar-refractivity contribution in [2.75, 3.05) is 13.2 Å². The molecule has 0 unspecified atom stereocenters. The number of aromatic nitrogens is 1. The normalized spacial score (nSPS) is 11.2. The summed E-state index contributed by atoms with van der Waals surface area (Å²) >= 11 is 6.13. The van der Waals surface area contributed by atoms with Gasteiger partial charge in [-0.3, -0.25) is 0 Å². The van der Waals surface area contributed by atoms with E-state index in [0.717, 1.165) is 18.5 Å². The number of pyridine rings is 1. The van der Waals surface area contributed by atoms with Gasteiger partial charge in [-0.1, -0.05) is 32.4 Å². The quantitative estimate of drug-likeness (QED) is 0.399. The zero-order chi connectivity index (χ0) is 15.0. The predicted octanol–water partition coefficient (Wildman–Crippen LogP) is 3.20. The fourth-order valence-electron chi connectivity index (χ4n) is 1.39. The van der Waals surface area contributed by atoms with E-state index in [-0.39, 0.29) is 24.0 Å². The molecule has 3 N–H and O–H groups in total. The van der Waals surface area contributed by atoms with E-state index in [9.17, 15) is 0 Å². The van der Waals surface area contributed by atoms with Crippen molar-refractivity contribution >= 4 is 41.5 Å². The third-order valence-electron chi connectivity index (χ3n) is 2.41. The molecule has 1 aromatic heterocycles. The maximum atomic E-state index is 6.13. The number of nitrogens with two attached hydrogens (primary N) is 1. The zero-order valence-corrected chi connectivity index (χ0v) is 15.8. The Hall–Kier alpha value is -0.760. The molecule has 0 spiro atoms. The number of aliphatic imine (C=N–C) groups is 1. The Morgan fingerprint density at radius 2 is 2.24 bits per heavy atom. The van der Waals surface area contributed by atoms with Crippen LogP contribution in [0.15, 0.2) is 17.3 Å². The highest BCUT2D eigenvalue weighted by Gasteiger charge is 2.06. The van der Waals surface area contributed by atoms with Gasteiger partial charge in [-0.15, -0.1) is 24.0 Å². The molecule has 0 bridgehead atoms. The van der Waals surface area contributed by atoms with E-state index >= 15 is 0 Å². The van der Waals surface area contributed by atoms with Crippen LogP contribution in [0.3, 0.4) is 0 Å². The summed E-state index contributed by atoms with van der Waals surface area (Å²) in [5.41, 5.74) is 6.61. The molecule has 0 saturated heterocycles. The van der Waals surface area contributed by atoms with Crippen LogP contribution in [0.1, 0.15) is 32.8 Å². The molecule has 120 valence electrons. The van der Waals surface area contributed by atoms with Crippen LogP contribution < -0.4 is 15.8 Å². The van der Waals surface area contributed by atoms with Crippen LogP contribution in [0, 0.1) is 5.92 Å². The van der Waals surface area contributed by atoms with Gasteiger partial charge in [0, 0.05) is 12.7 Å². The molecule has 0 atom stereocenters. The highest BCUT2D eigenvalue weighted by atomic mass is 127. The minimum Gasteiger partial charge on any atom is -0.476 e. The van der Waals surface area contributed by atoms with Gasteiger partial charge in [0.2, 0.25) is 5.88 Å². The van der Waals surface area contributed by atoms with Gasteiger partial charge in [-0.2, -0.15) is 0 Å². The minimum absolute atomic E-state index is 0. The molecule has 0 radical (unpaired) electrons. The number of halogens is 2. The summed E-state index contributed by atoms with van der Waals surface area (Å²) in [6, 6.07) is 1.81. The first-order valence-corrected chi connectivity index (χ1v) is 7.21. The van der Waals surface area contributed by atoms with Gasteiger partial charge in [0.1, 0.15) is 5.02 Å². The van der Waals surface area contributed by atoms with Crippen molar-refractivity contribution in [1.82, 2.24) is 10.3 Å². The van der Waals surface area contributed by atoms with Gasteiger partial charge in [0.15, 0.2) is 5.96 Å².